The summed E-state index contributed by atoms with van der Waals surface area (Å²) in [4.78, 5) is 16.8. The molecule has 1 aliphatic heterocycles. The molecule has 0 aliphatic carbocycles. The Labute approximate surface area is 179 Å². The minimum atomic E-state index is -0.263. The summed E-state index contributed by atoms with van der Waals surface area (Å²) in [6.45, 7) is 4.88. The van der Waals surface area contributed by atoms with E-state index in [9.17, 15) is 4.79 Å². The van der Waals surface area contributed by atoms with Crippen molar-refractivity contribution in [2.75, 3.05) is 6.61 Å². The zero-order valence-corrected chi connectivity index (χ0v) is 18.1. The van der Waals surface area contributed by atoms with Crippen LogP contribution in [-0.4, -0.2) is 28.2 Å². The molecule has 0 spiro atoms. The average Bonchev–Trinajstić information content (AvgIpc) is 3.43. The standard InChI is InChI=1S/C22H25N3O4S/c1-4-27-19-10-15-9-14(2)28-20(15)11-16(19)12-24-21(26)18-6-5-17(29-18)13-30-22-23-7-8-25(22)3/h5-8,10-11,14H,4,9,12-13H2,1-3H3,(H,24,26)/t14-/m0/s1. The molecule has 1 aliphatic rings. The lowest BCUT2D eigenvalue weighted by atomic mass is 10.1. The number of carbonyl (C=O) groups excluding carboxylic acids is 1. The number of fused-ring (bicyclic) bond motifs is 1. The second kappa shape index (κ2) is 8.87. The van der Waals surface area contributed by atoms with Crippen molar-refractivity contribution in [2.45, 2.75) is 43.8 Å². The van der Waals surface area contributed by atoms with Gasteiger partial charge in [-0.05, 0) is 38.1 Å². The number of aromatic nitrogens is 2. The summed E-state index contributed by atoms with van der Waals surface area (Å²) in [5, 5.41) is 3.81. The highest BCUT2D eigenvalue weighted by molar-refractivity contribution is 7.98. The molecule has 0 fully saturated rings. The van der Waals surface area contributed by atoms with Crippen LogP contribution < -0.4 is 14.8 Å². The van der Waals surface area contributed by atoms with Crippen LogP contribution in [-0.2, 0) is 25.8 Å². The number of hydrogen-bond donors (Lipinski definition) is 1. The predicted octanol–water partition coefficient (Wildman–Crippen LogP) is 3.96. The molecule has 2 aromatic heterocycles. The third kappa shape index (κ3) is 4.48. The topological polar surface area (TPSA) is 78.5 Å². The van der Waals surface area contributed by atoms with Crippen LogP contribution in [0.15, 0.2) is 46.2 Å². The van der Waals surface area contributed by atoms with Crippen LogP contribution in [0.3, 0.4) is 0 Å². The molecule has 1 amide bonds. The van der Waals surface area contributed by atoms with E-state index in [0.29, 0.717) is 18.9 Å². The fourth-order valence-corrected chi connectivity index (χ4v) is 4.20. The van der Waals surface area contributed by atoms with Crippen LogP contribution in [0, 0.1) is 0 Å². The van der Waals surface area contributed by atoms with Crippen LogP contribution in [0.4, 0.5) is 0 Å². The van der Waals surface area contributed by atoms with Crippen molar-refractivity contribution >= 4 is 17.7 Å². The Morgan fingerprint density at radius 1 is 1.40 bits per heavy atom. The van der Waals surface area contributed by atoms with Gasteiger partial charge in [-0.2, -0.15) is 0 Å². The molecule has 0 saturated carbocycles. The van der Waals surface area contributed by atoms with E-state index in [1.807, 2.05) is 49.9 Å². The van der Waals surface area contributed by atoms with Gasteiger partial charge in [-0.25, -0.2) is 4.98 Å². The molecule has 0 radical (unpaired) electrons. The van der Waals surface area contributed by atoms with Crippen LogP contribution in [0.1, 0.15) is 41.3 Å². The summed E-state index contributed by atoms with van der Waals surface area (Å²) < 4.78 is 19.3. The fourth-order valence-electron chi connectivity index (χ4n) is 3.38. The number of nitrogens with zero attached hydrogens (tertiary/aromatic N) is 2. The van der Waals surface area contributed by atoms with Gasteiger partial charge in [0, 0.05) is 43.5 Å². The predicted molar refractivity (Wildman–Crippen MR) is 114 cm³/mol. The molecule has 1 atom stereocenters. The van der Waals surface area contributed by atoms with Crippen molar-refractivity contribution in [2.24, 2.45) is 7.05 Å². The van der Waals surface area contributed by atoms with Gasteiger partial charge < -0.3 is 23.8 Å². The number of ether oxygens (including phenoxy) is 2. The number of imidazole rings is 1. The Hall–Kier alpha value is -2.87. The molecule has 8 heteroatoms. The molecule has 0 unspecified atom stereocenters. The molecule has 3 heterocycles. The van der Waals surface area contributed by atoms with Gasteiger partial charge in [0.2, 0.25) is 0 Å². The Morgan fingerprint density at radius 2 is 2.27 bits per heavy atom. The first-order valence-corrected chi connectivity index (χ1v) is 10.9. The Balaban J connectivity index is 1.38. The van der Waals surface area contributed by atoms with Gasteiger partial charge in [-0.1, -0.05) is 11.8 Å². The van der Waals surface area contributed by atoms with Crippen molar-refractivity contribution in [1.29, 1.82) is 0 Å². The largest absolute Gasteiger partial charge is 0.494 e. The Kier molecular flexibility index (Phi) is 6.03. The monoisotopic (exact) mass is 427 g/mol. The van der Waals surface area contributed by atoms with E-state index in [4.69, 9.17) is 13.9 Å². The number of amides is 1. The minimum absolute atomic E-state index is 0.157. The summed E-state index contributed by atoms with van der Waals surface area (Å²) in [5.41, 5.74) is 2.03. The zero-order chi connectivity index (χ0) is 21.1. The summed E-state index contributed by atoms with van der Waals surface area (Å²) >= 11 is 1.56. The van der Waals surface area contributed by atoms with Gasteiger partial charge in [-0.15, -0.1) is 0 Å². The van der Waals surface area contributed by atoms with Crippen molar-refractivity contribution in [3.8, 4) is 11.5 Å². The Bertz CT molecular complexity index is 1040. The lowest BCUT2D eigenvalue weighted by Gasteiger charge is -2.13. The van der Waals surface area contributed by atoms with Gasteiger partial charge in [0.05, 0.1) is 12.4 Å². The maximum atomic E-state index is 12.6. The number of benzene rings is 1. The molecule has 158 valence electrons. The molecule has 1 N–H and O–H groups in total. The SMILES string of the molecule is CCOc1cc2c(cc1CNC(=O)c1ccc(CSc3nccn3C)o1)O[C@@H](C)C2. The minimum Gasteiger partial charge on any atom is -0.494 e. The number of hydrogen-bond acceptors (Lipinski definition) is 6. The molecular weight excluding hydrogens is 402 g/mol. The smallest absolute Gasteiger partial charge is 0.287 e. The van der Waals surface area contributed by atoms with Gasteiger partial charge in [0.1, 0.15) is 23.4 Å². The second-order valence-corrected chi connectivity index (χ2v) is 8.13. The van der Waals surface area contributed by atoms with Gasteiger partial charge in [-0.3, -0.25) is 4.79 Å². The van der Waals surface area contributed by atoms with Gasteiger partial charge in [0.25, 0.3) is 5.91 Å². The van der Waals surface area contributed by atoms with E-state index in [2.05, 4.69) is 10.3 Å². The first-order chi connectivity index (χ1) is 14.5. The maximum absolute atomic E-state index is 12.6. The summed E-state index contributed by atoms with van der Waals surface area (Å²) in [5.74, 6) is 2.99. The zero-order valence-electron chi connectivity index (χ0n) is 17.3. The van der Waals surface area contributed by atoms with Gasteiger partial charge in [0.15, 0.2) is 10.9 Å². The number of thioether (sulfide) groups is 1. The second-order valence-electron chi connectivity index (χ2n) is 7.19. The van der Waals surface area contributed by atoms with Crippen LogP contribution in [0.2, 0.25) is 0 Å². The van der Waals surface area contributed by atoms with Crippen molar-refractivity contribution in [3.05, 3.63) is 59.3 Å². The van der Waals surface area contributed by atoms with Crippen molar-refractivity contribution < 1.29 is 18.7 Å². The van der Waals surface area contributed by atoms with Gasteiger partial charge >= 0.3 is 0 Å². The van der Waals surface area contributed by atoms with Crippen LogP contribution in [0.5, 0.6) is 11.5 Å². The molecule has 30 heavy (non-hydrogen) atoms. The van der Waals surface area contributed by atoms with Crippen molar-refractivity contribution in [1.82, 2.24) is 14.9 Å². The number of aryl methyl sites for hydroxylation is 1. The fraction of sp³-hybridized carbons (Fsp3) is 0.364. The normalized spacial score (nSPS) is 15.0. The first kappa shape index (κ1) is 20.4. The number of carbonyl (C=O) groups is 1. The number of furan rings is 1. The number of rotatable bonds is 8. The summed E-state index contributed by atoms with van der Waals surface area (Å²) in [7, 11) is 1.94. The van der Waals surface area contributed by atoms with E-state index in [-0.39, 0.29) is 17.8 Å². The summed E-state index contributed by atoms with van der Waals surface area (Å²) in [6.07, 6.45) is 4.67. The molecule has 0 bridgehead atoms. The van der Waals surface area contributed by atoms with Crippen LogP contribution >= 0.6 is 11.8 Å². The molecule has 0 saturated heterocycles. The molecular formula is C22H25N3O4S. The van der Waals surface area contributed by atoms with E-state index in [1.165, 1.54) is 0 Å². The molecule has 1 aromatic carbocycles. The highest BCUT2D eigenvalue weighted by Crippen LogP contribution is 2.35. The number of nitrogens with one attached hydrogen (secondary N) is 1. The van der Waals surface area contributed by atoms with E-state index in [0.717, 1.165) is 40.0 Å². The maximum Gasteiger partial charge on any atom is 0.287 e. The Morgan fingerprint density at radius 3 is 3.03 bits per heavy atom. The lowest BCUT2D eigenvalue weighted by molar-refractivity contribution is 0.0921. The molecule has 4 rings (SSSR count). The third-order valence-electron chi connectivity index (χ3n) is 4.82. The third-order valence-corrected chi connectivity index (χ3v) is 5.90. The first-order valence-electron chi connectivity index (χ1n) is 9.95. The van der Waals surface area contributed by atoms with E-state index >= 15 is 0 Å². The van der Waals surface area contributed by atoms with E-state index in [1.54, 1.807) is 24.0 Å². The highest BCUT2D eigenvalue weighted by Gasteiger charge is 2.22. The highest BCUT2D eigenvalue weighted by atomic mass is 32.2. The van der Waals surface area contributed by atoms with Crippen LogP contribution in [0.25, 0.3) is 0 Å². The molecule has 3 aromatic rings. The van der Waals surface area contributed by atoms with Crippen molar-refractivity contribution in [3.63, 3.8) is 0 Å². The van der Waals surface area contributed by atoms with E-state index < -0.39 is 0 Å². The quantitative estimate of drug-likeness (QED) is 0.548. The average molecular weight is 428 g/mol. The lowest BCUT2D eigenvalue weighted by Crippen LogP contribution is -2.22. The summed E-state index contributed by atoms with van der Waals surface area (Å²) in [6, 6.07) is 7.49. The molecule has 7 nitrogen and oxygen atoms in total.